The summed E-state index contributed by atoms with van der Waals surface area (Å²) in [7, 11) is -14.9. The summed E-state index contributed by atoms with van der Waals surface area (Å²) in [5, 5.41) is 49.8. The van der Waals surface area contributed by atoms with Gasteiger partial charge in [-0.25, -0.2) is 25.3 Å². The first-order chi connectivity index (χ1) is 26.1. The quantitative estimate of drug-likeness (QED) is 0.0456. The van der Waals surface area contributed by atoms with Crippen molar-refractivity contribution in [3.63, 3.8) is 0 Å². The van der Waals surface area contributed by atoms with Crippen molar-refractivity contribution in [3.8, 4) is 28.7 Å². The van der Waals surface area contributed by atoms with E-state index < -0.39 is 118 Å². The summed E-state index contributed by atoms with van der Waals surface area (Å²) in [5.74, 6) is -4.29. The van der Waals surface area contributed by atoms with Gasteiger partial charge in [-0.05, 0) is 17.5 Å². The standard InChI is InChI=1S/C30H31N5O17S4.4Na/c1-49-18-13-22(53(39,40)7-5-36)20(51-3)11-16(18)32-34-28-24(55(43,44)45)9-15-10-25(56(46,47)48)29(30(38)26(15)27(28)31)35-33-17-12-21(52-4)23(14-19(17)50-2)54(41,42)8-6-37;;;;/h9-14,38H,5-8,31H2,1-4H3,(H,43,44,45)(H,46,47,48);;;;/q-2;4*+1/p-2. The van der Waals surface area contributed by atoms with Gasteiger partial charge in [-0.2, -0.15) is 8.42 Å². The normalized spacial score (nSPS) is 11.9. The molecule has 4 aromatic carbocycles. The number of sulfone groups is 2. The summed E-state index contributed by atoms with van der Waals surface area (Å²) >= 11 is 0. The predicted molar refractivity (Wildman–Crippen MR) is 187 cm³/mol. The number of rotatable bonds is 16. The number of hydrogen-bond donors (Lipinski definition) is 2. The first kappa shape index (κ1) is 58.8. The third-order valence-corrected chi connectivity index (χ3v) is 12.8. The average Bonchev–Trinajstić information content (AvgIpc) is 3.11. The maximum atomic E-state index is 13.9. The van der Waals surface area contributed by atoms with Gasteiger partial charge in [0.15, 0.2) is 19.7 Å². The van der Waals surface area contributed by atoms with Crippen LogP contribution < -0.4 is 158 Å². The smallest absolute Gasteiger partial charge is 0.870 e. The van der Waals surface area contributed by atoms with Crippen molar-refractivity contribution in [1.29, 1.82) is 0 Å². The maximum Gasteiger partial charge on any atom is 1.00 e. The summed E-state index contributed by atoms with van der Waals surface area (Å²) in [6.07, 6.45) is 0. The van der Waals surface area contributed by atoms with Crippen molar-refractivity contribution in [3.05, 3.63) is 36.4 Å². The van der Waals surface area contributed by atoms with Crippen molar-refractivity contribution in [2.45, 2.75) is 19.6 Å². The molecule has 0 heterocycles. The molecule has 304 valence electrons. The molecule has 4 rings (SSSR count). The van der Waals surface area contributed by atoms with Crippen LogP contribution in [0.15, 0.2) is 76.4 Å². The van der Waals surface area contributed by atoms with Crippen LogP contribution in [0.2, 0.25) is 0 Å². The van der Waals surface area contributed by atoms with Crippen LogP contribution in [0.4, 0.5) is 28.4 Å². The summed E-state index contributed by atoms with van der Waals surface area (Å²) in [6.45, 7) is -1.96. The minimum absolute atomic E-state index is 0. The topological polar surface area (TPSA) is 361 Å². The van der Waals surface area contributed by atoms with Crippen LogP contribution in [0.1, 0.15) is 0 Å². The minimum Gasteiger partial charge on any atom is -0.870 e. The molecule has 0 aliphatic carbocycles. The van der Waals surface area contributed by atoms with E-state index in [9.17, 15) is 58.1 Å². The molecule has 0 fully saturated rings. The third kappa shape index (κ3) is 13.0. The summed E-state index contributed by atoms with van der Waals surface area (Å²) in [5.41, 5.74) is 2.60. The molecule has 22 nitrogen and oxygen atoms in total. The monoisotopic (exact) mass is 951 g/mol. The SMILES string of the molecule is COc1cc(S(=O)(=O)CC[O-])c(OC)cc1N=Nc1c(S(=O)(=O)[O-])cc2cc(S(=O)(=O)O)c(N=Nc3cc(OC)c(S(=O)(=O)CC[O-])cc3OC)c([O-])c2c1N.[Na+].[Na+].[Na+].[Na+]. The van der Waals surface area contributed by atoms with Crippen molar-refractivity contribution < 1.29 is 195 Å². The Hall–Kier alpha value is -1.22. The van der Waals surface area contributed by atoms with Gasteiger partial charge < -0.3 is 44.6 Å². The molecule has 0 aromatic heterocycles. The van der Waals surface area contributed by atoms with Crippen LogP contribution in [0.5, 0.6) is 28.7 Å². The molecule has 0 bridgehead atoms. The zero-order valence-corrected chi connectivity index (χ0v) is 44.5. The number of nitrogens with zero attached hydrogens (tertiary/aromatic N) is 4. The Kier molecular flexibility index (Phi) is 23.2. The van der Waals surface area contributed by atoms with E-state index in [2.05, 4.69) is 20.5 Å². The molecule has 0 atom stereocenters. The fraction of sp³-hybridized carbons (Fsp3) is 0.267. The molecule has 0 saturated heterocycles. The van der Waals surface area contributed by atoms with Crippen LogP contribution in [-0.2, 0) is 39.9 Å². The molecular formula is C30H29N5Na4O17S4. The molecule has 0 radical (unpaired) electrons. The van der Waals surface area contributed by atoms with Crippen molar-refractivity contribution in [2.75, 3.05) is 58.9 Å². The van der Waals surface area contributed by atoms with E-state index in [1.165, 1.54) is 0 Å². The predicted octanol–water partition coefficient (Wildman–Crippen LogP) is -11.2. The molecule has 60 heavy (non-hydrogen) atoms. The van der Waals surface area contributed by atoms with Crippen LogP contribution in [0, 0.1) is 0 Å². The number of nitrogen functional groups attached to an aromatic ring is 1. The number of azo groups is 2. The summed E-state index contributed by atoms with van der Waals surface area (Å²) in [4.78, 5) is -3.37. The van der Waals surface area contributed by atoms with Crippen molar-refractivity contribution >= 4 is 79.1 Å². The second-order valence-electron chi connectivity index (χ2n) is 11.0. The van der Waals surface area contributed by atoms with Gasteiger partial charge in [-0.15, -0.1) is 33.7 Å². The van der Waals surface area contributed by atoms with Gasteiger partial charge in [0, 0.05) is 41.2 Å². The van der Waals surface area contributed by atoms with Gasteiger partial charge in [0.05, 0.1) is 44.7 Å². The van der Waals surface area contributed by atoms with E-state index in [1.807, 2.05) is 0 Å². The fourth-order valence-corrected chi connectivity index (χ4v) is 8.74. The largest absolute Gasteiger partial charge is 1.00 e. The molecule has 4 aromatic rings. The Bertz CT molecular complexity index is 2560. The number of ether oxygens (including phenoxy) is 4. The maximum absolute atomic E-state index is 13.9. The first-order valence-electron chi connectivity index (χ1n) is 15.1. The molecule has 0 aliphatic heterocycles. The molecular weight excluding hydrogens is 923 g/mol. The molecule has 0 amide bonds. The second kappa shape index (κ2) is 23.6. The Morgan fingerprint density at radius 1 is 0.583 bits per heavy atom. The van der Waals surface area contributed by atoms with Gasteiger partial charge in [0.25, 0.3) is 10.1 Å². The van der Waals surface area contributed by atoms with Crippen molar-refractivity contribution in [1.82, 2.24) is 0 Å². The van der Waals surface area contributed by atoms with E-state index in [0.29, 0.717) is 12.1 Å². The molecule has 3 N–H and O–H groups in total. The Labute approximate surface area is 432 Å². The van der Waals surface area contributed by atoms with E-state index in [1.54, 1.807) is 0 Å². The molecule has 0 saturated carbocycles. The number of benzene rings is 4. The van der Waals surface area contributed by atoms with Crippen LogP contribution >= 0.6 is 0 Å². The minimum atomic E-state index is -5.55. The molecule has 30 heteroatoms. The number of nitrogens with two attached hydrogens (primary N) is 1. The molecule has 0 spiro atoms. The molecule has 0 aliphatic rings. The van der Waals surface area contributed by atoms with E-state index in [-0.39, 0.29) is 153 Å². The number of hydrogen-bond acceptors (Lipinski definition) is 21. The zero-order valence-electron chi connectivity index (χ0n) is 33.3. The van der Waals surface area contributed by atoms with E-state index in [4.69, 9.17) is 24.7 Å². The van der Waals surface area contributed by atoms with Gasteiger partial charge in [0.2, 0.25) is 0 Å². The number of anilines is 1. The van der Waals surface area contributed by atoms with Crippen LogP contribution in [-0.4, -0.2) is 95.9 Å². The van der Waals surface area contributed by atoms with Crippen LogP contribution in [0.3, 0.4) is 0 Å². The average molecular weight is 952 g/mol. The zero-order chi connectivity index (χ0) is 42.0. The summed E-state index contributed by atoms with van der Waals surface area (Å²) < 4.78 is 143. The third-order valence-electron chi connectivity index (χ3n) is 7.66. The number of methoxy groups -OCH3 is 4. The Balaban J connectivity index is 0.00000870. The van der Waals surface area contributed by atoms with Gasteiger partial charge in [-0.3, -0.25) is 4.55 Å². The van der Waals surface area contributed by atoms with Gasteiger partial charge >= 0.3 is 118 Å². The van der Waals surface area contributed by atoms with Crippen molar-refractivity contribution in [2.24, 2.45) is 20.5 Å². The Morgan fingerprint density at radius 2 is 0.967 bits per heavy atom. The van der Waals surface area contributed by atoms with E-state index in [0.717, 1.165) is 52.7 Å². The van der Waals surface area contributed by atoms with Gasteiger partial charge in [-0.1, -0.05) is 5.75 Å². The summed E-state index contributed by atoms with van der Waals surface area (Å²) in [6, 6.07) is 4.95. The fourth-order valence-electron chi connectivity index (χ4n) is 5.08. The number of fused-ring (bicyclic) bond motifs is 1. The van der Waals surface area contributed by atoms with Crippen LogP contribution in [0.25, 0.3) is 10.8 Å². The van der Waals surface area contributed by atoms with Gasteiger partial charge in [0.1, 0.15) is 64.9 Å². The Morgan fingerprint density at radius 3 is 1.32 bits per heavy atom. The second-order valence-corrected chi connectivity index (χ2v) is 17.9. The molecule has 0 unspecified atom stereocenters. The first-order valence-corrected chi connectivity index (χ1v) is 21.3. The van der Waals surface area contributed by atoms with E-state index >= 15 is 0 Å².